The number of carbonyl (C=O) groups excluding carboxylic acids is 1. The predicted octanol–water partition coefficient (Wildman–Crippen LogP) is 4.55. The first kappa shape index (κ1) is 19.8. The molecular formula is C22H22N4O4S. The summed E-state index contributed by atoms with van der Waals surface area (Å²) in [6, 6.07) is 11.7. The van der Waals surface area contributed by atoms with E-state index in [4.69, 9.17) is 13.9 Å². The Balaban J connectivity index is 1.23. The highest BCUT2D eigenvalue weighted by Gasteiger charge is 2.23. The standard InChI is InChI=1S/C22H22N4O4S/c1-23-21(27)29-15-6-9-26(10-7-15)13-17-11-14-4-5-16(12-18(14)28-17)30-22-25-20-19(31-22)3-2-8-24-20/h2-5,8,11-12,15H,6-7,9-10,13H2,1H3,(H,23,27). The highest BCUT2D eigenvalue weighted by atomic mass is 32.1. The van der Waals surface area contributed by atoms with Crippen LogP contribution in [0.15, 0.2) is 47.0 Å². The molecule has 4 heterocycles. The van der Waals surface area contributed by atoms with Crippen LogP contribution in [0, 0.1) is 0 Å². The summed E-state index contributed by atoms with van der Waals surface area (Å²) in [6.45, 7) is 2.44. The monoisotopic (exact) mass is 438 g/mol. The molecule has 1 N–H and O–H groups in total. The highest BCUT2D eigenvalue weighted by molar-refractivity contribution is 7.20. The number of hydrogen-bond acceptors (Lipinski definition) is 8. The molecule has 1 aliphatic rings. The molecule has 1 fully saturated rings. The third-order valence-electron chi connectivity index (χ3n) is 5.28. The molecule has 0 bridgehead atoms. The summed E-state index contributed by atoms with van der Waals surface area (Å²) in [5.41, 5.74) is 1.47. The fourth-order valence-electron chi connectivity index (χ4n) is 3.72. The lowest BCUT2D eigenvalue weighted by Crippen LogP contribution is -2.38. The molecule has 160 valence electrons. The van der Waals surface area contributed by atoms with Crippen molar-refractivity contribution < 1.29 is 18.7 Å². The fraction of sp³-hybridized carbons (Fsp3) is 0.318. The van der Waals surface area contributed by atoms with E-state index in [1.165, 1.54) is 11.3 Å². The molecule has 0 unspecified atom stereocenters. The molecule has 0 saturated carbocycles. The third kappa shape index (κ3) is 4.47. The first-order chi connectivity index (χ1) is 15.2. The molecule has 0 spiro atoms. The van der Waals surface area contributed by atoms with Crippen LogP contribution in [0.2, 0.25) is 0 Å². The van der Waals surface area contributed by atoms with Gasteiger partial charge in [0.05, 0.1) is 11.2 Å². The molecular weight excluding hydrogens is 416 g/mol. The Hall–Kier alpha value is -3.17. The summed E-state index contributed by atoms with van der Waals surface area (Å²) in [7, 11) is 1.58. The molecule has 3 aromatic heterocycles. The van der Waals surface area contributed by atoms with E-state index in [2.05, 4.69) is 26.3 Å². The Morgan fingerprint density at radius 1 is 1.29 bits per heavy atom. The van der Waals surface area contributed by atoms with Crippen LogP contribution in [-0.4, -0.2) is 47.2 Å². The Kier molecular flexibility index (Phi) is 5.44. The Bertz CT molecular complexity index is 1180. The number of piperidine rings is 1. The van der Waals surface area contributed by atoms with Crippen molar-refractivity contribution in [1.29, 1.82) is 0 Å². The van der Waals surface area contributed by atoms with Gasteiger partial charge in [0.25, 0.3) is 5.19 Å². The second-order valence-electron chi connectivity index (χ2n) is 7.45. The van der Waals surface area contributed by atoms with E-state index >= 15 is 0 Å². The number of ether oxygens (including phenoxy) is 2. The zero-order chi connectivity index (χ0) is 21.2. The van der Waals surface area contributed by atoms with Crippen LogP contribution < -0.4 is 10.1 Å². The molecule has 1 amide bonds. The van der Waals surface area contributed by atoms with Crippen LogP contribution >= 0.6 is 11.3 Å². The van der Waals surface area contributed by atoms with Crippen molar-refractivity contribution in [1.82, 2.24) is 20.2 Å². The van der Waals surface area contributed by atoms with Gasteiger partial charge in [-0.2, -0.15) is 4.98 Å². The van der Waals surface area contributed by atoms with Crippen LogP contribution in [0.5, 0.6) is 10.9 Å². The number of amides is 1. The average Bonchev–Trinajstić information content (AvgIpc) is 3.37. The maximum absolute atomic E-state index is 11.4. The minimum absolute atomic E-state index is 0.0238. The molecule has 0 radical (unpaired) electrons. The number of likely N-dealkylation sites (tertiary alicyclic amines) is 1. The molecule has 1 aromatic carbocycles. The lowest BCUT2D eigenvalue weighted by molar-refractivity contribution is 0.0481. The van der Waals surface area contributed by atoms with Crippen molar-refractivity contribution in [3.63, 3.8) is 0 Å². The zero-order valence-electron chi connectivity index (χ0n) is 17.0. The van der Waals surface area contributed by atoms with Crippen LogP contribution in [0.4, 0.5) is 4.79 Å². The molecule has 31 heavy (non-hydrogen) atoms. The quantitative estimate of drug-likeness (QED) is 0.489. The molecule has 1 aliphatic heterocycles. The highest BCUT2D eigenvalue weighted by Crippen LogP contribution is 2.32. The van der Waals surface area contributed by atoms with Gasteiger partial charge in [0.2, 0.25) is 0 Å². The minimum Gasteiger partial charge on any atom is -0.460 e. The van der Waals surface area contributed by atoms with Gasteiger partial charge in [-0.05, 0) is 43.2 Å². The largest absolute Gasteiger partial charge is 0.460 e. The normalized spacial score (nSPS) is 15.4. The molecule has 0 atom stereocenters. The van der Waals surface area contributed by atoms with E-state index in [0.29, 0.717) is 16.6 Å². The van der Waals surface area contributed by atoms with E-state index in [0.717, 1.165) is 53.9 Å². The number of thiazole rings is 1. The van der Waals surface area contributed by atoms with Gasteiger partial charge in [-0.25, -0.2) is 9.78 Å². The summed E-state index contributed by atoms with van der Waals surface area (Å²) in [5, 5.41) is 4.09. The van der Waals surface area contributed by atoms with Crippen molar-refractivity contribution >= 4 is 38.7 Å². The number of furan rings is 1. The Labute approximate surface area is 182 Å². The smallest absolute Gasteiger partial charge is 0.407 e. The maximum atomic E-state index is 11.4. The number of hydrogen-bond donors (Lipinski definition) is 1. The number of nitrogens with zero attached hydrogens (tertiary/aromatic N) is 3. The van der Waals surface area contributed by atoms with E-state index in [9.17, 15) is 4.79 Å². The number of pyridine rings is 1. The maximum Gasteiger partial charge on any atom is 0.407 e. The predicted molar refractivity (Wildman–Crippen MR) is 118 cm³/mol. The summed E-state index contributed by atoms with van der Waals surface area (Å²) in [4.78, 5) is 22.3. The van der Waals surface area contributed by atoms with Crippen LogP contribution in [0.3, 0.4) is 0 Å². The lowest BCUT2D eigenvalue weighted by Gasteiger charge is -2.30. The van der Waals surface area contributed by atoms with E-state index in [-0.39, 0.29) is 12.2 Å². The topological polar surface area (TPSA) is 89.7 Å². The number of rotatable bonds is 5. The number of carbonyl (C=O) groups is 1. The van der Waals surface area contributed by atoms with Crippen LogP contribution in [0.25, 0.3) is 21.3 Å². The zero-order valence-corrected chi connectivity index (χ0v) is 17.9. The van der Waals surface area contributed by atoms with Crippen LogP contribution in [-0.2, 0) is 11.3 Å². The van der Waals surface area contributed by atoms with Gasteiger partial charge < -0.3 is 19.2 Å². The van der Waals surface area contributed by atoms with Crippen molar-refractivity contribution in [2.45, 2.75) is 25.5 Å². The minimum atomic E-state index is -0.365. The van der Waals surface area contributed by atoms with Gasteiger partial charge in [0.15, 0.2) is 5.65 Å². The first-order valence-electron chi connectivity index (χ1n) is 10.2. The van der Waals surface area contributed by atoms with Gasteiger partial charge in [-0.15, -0.1) is 0 Å². The summed E-state index contributed by atoms with van der Waals surface area (Å²) >= 11 is 1.46. The van der Waals surface area contributed by atoms with E-state index < -0.39 is 0 Å². The van der Waals surface area contributed by atoms with Crippen molar-refractivity contribution in [2.75, 3.05) is 20.1 Å². The van der Waals surface area contributed by atoms with Crippen molar-refractivity contribution in [3.05, 3.63) is 48.4 Å². The molecule has 0 aliphatic carbocycles. The average molecular weight is 439 g/mol. The molecule has 5 rings (SSSR count). The Morgan fingerprint density at radius 3 is 2.97 bits per heavy atom. The number of fused-ring (bicyclic) bond motifs is 2. The second-order valence-corrected chi connectivity index (χ2v) is 8.44. The fourth-order valence-corrected chi connectivity index (χ4v) is 4.51. The molecule has 9 heteroatoms. The van der Waals surface area contributed by atoms with Gasteiger partial charge in [-0.1, -0.05) is 11.3 Å². The van der Waals surface area contributed by atoms with Crippen molar-refractivity contribution in [3.8, 4) is 10.9 Å². The molecule has 1 saturated heterocycles. The third-order valence-corrected chi connectivity index (χ3v) is 6.17. The van der Waals surface area contributed by atoms with E-state index in [1.54, 1.807) is 13.2 Å². The summed E-state index contributed by atoms with van der Waals surface area (Å²) in [5.74, 6) is 1.58. The Morgan fingerprint density at radius 2 is 2.16 bits per heavy atom. The SMILES string of the molecule is CNC(=O)OC1CCN(Cc2cc3ccc(Oc4nc5ncccc5s4)cc3o2)CC1. The number of nitrogens with one attached hydrogen (secondary N) is 1. The first-order valence-corrected chi connectivity index (χ1v) is 11.0. The lowest BCUT2D eigenvalue weighted by atomic mass is 10.1. The van der Waals surface area contributed by atoms with Gasteiger partial charge in [-0.3, -0.25) is 4.90 Å². The summed E-state index contributed by atoms with van der Waals surface area (Å²) < 4.78 is 18.3. The second kappa shape index (κ2) is 8.52. The van der Waals surface area contributed by atoms with Gasteiger partial charge >= 0.3 is 6.09 Å². The van der Waals surface area contributed by atoms with Gasteiger partial charge in [0, 0.05) is 37.8 Å². The van der Waals surface area contributed by atoms with Gasteiger partial charge in [0.1, 0.15) is 23.2 Å². The molecule has 4 aromatic rings. The van der Waals surface area contributed by atoms with Crippen molar-refractivity contribution in [2.24, 2.45) is 0 Å². The molecule has 8 nitrogen and oxygen atoms in total. The number of benzene rings is 1. The number of alkyl carbamates (subject to hydrolysis) is 1. The number of aromatic nitrogens is 2. The summed E-state index contributed by atoms with van der Waals surface area (Å²) in [6.07, 6.45) is 2.98. The van der Waals surface area contributed by atoms with E-state index in [1.807, 2.05) is 30.3 Å². The van der Waals surface area contributed by atoms with Crippen LogP contribution in [0.1, 0.15) is 18.6 Å².